The van der Waals surface area contributed by atoms with Gasteiger partial charge in [0.2, 0.25) is 0 Å². The first-order chi connectivity index (χ1) is 26.2. The average Bonchev–Trinajstić information content (AvgIpc) is 3.89. The monoisotopic (exact) mass is 709 g/mol. The fourth-order valence-electron chi connectivity index (χ4n) is 8.25. The van der Waals surface area contributed by atoms with E-state index >= 15 is 0 Å². The maximum absolute atomic E-state index is 5.52. The first kappa shape index (κ1) is 29.2. The third-order valence-electron chi connectivity index (χ3n) is 10.8. The van der Waals surface area contributed by atoms with Gasteiger partial charge in [0.25, 0.3) is 0 Å². The molecule has 0 unspecified atom stereocenters. The quantitative estimate of drug-likeness (QED) is 0.183. The Morgan fingerprint density at radius 1 is 0.377 bits per heavy atom. The predicted molar refractivity (Wildman–Crippen MR) is 228 cm³/mol. The summed E-state index contributed by atoms with van der Waals surface area (Å²) in [6, 6.07) is 59.4. The van der Waals surface area contributed by atoms with E-state index in [4.69, 9.17) is 9.97 Å². The van der Waals surface area contributed by atoms with Crippen LogP contribution in [0, 0.1) is 0 Å². The minimum atomic E-state index is 0.726. The van der Waals surface area contributed by atoms with Crippen LogP contribution in [0.1, 0.15) is 0 Å². The highest BCUT2D eigenvalue weighted by Crippen LogP contribution is 2.44. The van der Waals surface area contributed by atoms with E-state index in [1.54, 1.807) is 11.3 Å². The van der Waals surface area contributed by atoms with Gasteiger partial charge >= 0.3 is 0 Å². The van der Waals surface area contributed by atoms with Crippen LogP contribution in [0.25, 0.3) is 112 Å². The zero-order chi connectivity index (χ0) is 34.6. The molecule has 0 aliphatic rings. The molecular weight excluding hydrogens is 683 g/mol. The third kappa shape index (κ3) is 4.32. The Bertz CT molecular complexity index is 3460. The Morgan fingerprint density at radius 3 is 1.89 bits per heavy atom. The lowest BCUT2D eigenvalue weighted by molar-refractivity contribution is 1.08. The molecular formula is C48H27N3S2. The van der Waals surface area contributed by atoms with Gasteiger partial charge in [-0.3, -0.25) is 4.57 Å². The van der Waals surface area contributed by atoms with E-state index in [9.17, 15) is 0 Å². The van der Waals surface area contributed by atoms with E-state index in [0.717, 1.165) is 43.8 Å². The lowest BCUT2D eigenvalue weighted by Gasteiger charge is -2.12. The highest BCUT2D eigenvalue weighted by molar-refractivity contribution is 7.27. The summed E-state index contributed by atoms with van der Waals surface area (Å²) in [6.45, 7) is 0. The van der Waals surface area contributed by atoms with Crippen LogP contribution >= 0.6 is 22.7 Å². The lowest BCUT2D eigenvalue weighted by Crippen LogP contribution is -2.01. The zero-order valence-corrected chi connectivity index (χ0v) is 29.9. The number of fused-ring (bicyclic) bond motifs is 12. The first-order valence-corrected chi connectivity index (χ1v) is 19.4. The Morgan fingerprint density at radius 2 is 1.04 bits per heavy atom. The number of aromatic nitrogens is 3. The van der Waals surface area contributed by atoms with Crippen molar-refractivity contribution in [2.45, 2.75) is 0 Å². The van der Waals surface area contributed by atoms with Gasteiger partial charge in [0.05, 0.1) is 21.3 Å². The van der Waals surface area contributed by atoms with Gasteiger partial charge < -0.3 is 0 Å². The molecule has 0 N–H and O–H groups in total. The lowest BCUT2D eigenvalue weighted by atomic mass is 10.00. The fourth-order valence-corrected chi connectivity index (χ4v) is 10.6. The molecule has 0 aliphatic carbocycles. The minimum Gasteiger partial charge on any atom is -0.292 e. The largest absolute Gasteiger partial charge is 0.292 e. The molecule has 0 amide bonds. The number of nitrogens with zero attached hydrogens (tertiary/aromatic N) is 3. The van der Waals surface area contributed by atoms with Crippen molar-refractivity contribution in [1.82, 2.24) is 14.5 Å². The summed E-state index contributed by atoms with van der Waals surface area (Å²) in [5.41, 5.74) is 6.71. The second-order valence-electron chi connectivity index (χ2n) is 13.8. The van der Waals surface area contributed by atoms with Crippen LogP contribution in [0.5, 0.6) is 0 Å². The van der Waals surface area contributed by atoms with Gasteiger partial charge in [-0.1, -0.05) is 121 Å². The molecule has 0 saturated heterocycles. The Kier molecular flexibility index (Phi) is 6.09. The number of benzene rings is 8. The molecule has 0 atom stereocenters. The molecule has 246 valence electrons. The zero-order valence-electron chi connectivity index (χ0n) is 28.2. The van der Waals surface area contributed by atoms with E-state index in [-0.39, 0.29) is 0 Å². The van der Waals surface area contributed by atoms with Crippen molar-refractivity contribution in [2.24, 2.45) is 0 Å². The van der Waals surface area contributed by atoms with Crippen LogP contribution in [0.3, 0.4) is 0 Å². The molecule has 8 aromatic carbocycles. The molecule has 4 aromatic heterocycles. The first-order valence-electron chi connectivity index (χ1n) is 17.8. The van der Waals surface area contributed by atoms with Crippen molar-refractivity contribution in [2.75, 3.05) is 0 Å². The number of rotatable bonds is 3. The average molecular weight is 710 g/mol. The number of para-hydroxylation sites is 1. The molecule has 0 aliphatic heterocycles. The normalized spacial score (nSPS) is 12.2. The number of hydrogen-bond donors (Lipinski definition) is 0. The molecule has 0 saturated carbocycles. The highest BCUT2D eigenvalue weighted by Gasteiger charge is 2.22. The van der Waals surface area contributed by atoms with Crippen LogP contribution < -0.4 is 0 Å². The van der Waals surface area contributed by atoms with Crippen LogP contribution in [0.4, 0.5) is 0 Å². The van der Waals surface area contributed by atoms with Gasteiger partial charge in [0.1, 0.15) is 0 Å². The van der Waals surface area contributed by atoms with Gasteiger partial charge in [-0.15, -0.1) is 22.7 Å². The maximum Gasteiger partial charge on any atom is 0.162 e. The number of hydrogen-bond acceptors (Lipinski definition) is 4. The summed E-state index contributed by atoms with van der Waals surface area (Å²) in [5, 5.41) is 11.1. The van der Waals surface area contributed by atoms with Crippen LogP contribution in [0.15, 0.2) is 164 Å². The van der Waals surface area contributed by atoms with E-state index in [2.05, 4.69) is 168 Å². The topological polar surface area (TPSA) is 30.7 Å². The fraction of sp³-hybridized carbons (Fsp3) is 0. The predicted octanol–water partition coefficient (Wildman–Crippen LogP) is 13.9. The SMILES string of the molecule is c1ccc(-c2ccc3cc(-c4nc(-n5c6ccccc6c6cc7ccc8c9ccccc9sc8c7cc65)c5sc6ccccc6c5n4)ccc3c2)cc1. The Hall–Kier alpha value is -6.40. The summed E-state index contributed by atoms with van der Waals surface area (Å²) in [5.74, 6) is 1.64. The van der Waals surface area contributed by atoms with E-state index in [0.29, 0.717) is 0 Å². The molecule has 12 aromatic rings. The number of thiophene rings is 2. The summed E-state index contributed by atoms with van der Waals surface area (Å²) in [7, 11) is 0. The second kappa shape index (κ2) is 11.1. The smallest absolute Gasteiger partial charge is 0.162 e. The molecule has 5 heteroatoms. The third-order valence-corrected chi connectivity index (χ3v) is 13.1. The van der Waals surface area contributed by atoms with Crippen molar-refractivity contribution in [3.05, 3.63) is 164 Å². The minimum absolute atomic E-state index is 0.726. The van der Waals surface area contributed by atoms with Crippen molar-refractivity contribution < 1.29 is 0 Å². The molecule has 0 spiro atoms. The van der Waals surface area contributed by atoms with E-state index < -0.39 is 0 Å². The summed E-state index contributed by atoms with van der Waals surface area (Å²) < 4.78 is 7.33. The molecule has 0 radical (unpaired) electrons. The van der Waals surface area contributed by atoms with Gasteiger partial charge in [-0.2, -0.15) is 0 Å². The Labute approximate surface area is 311 Å². The molecule has 0 bridgehead atoms. The summed E-state index contributed by atoms with van der Waals surface area (Å²) in [6.07, 6.45) is 0. The van der Waals surface area contributed by atoms with Crippen LogP contribution in [-0.4, -0.2) is 14.5 Å². The van der Waals surface area contributed by atoms with Gasteiger partial charge in [-0.25, -0.2) is 9.97 Å². The summed E-state index contributed by atoms with van der Waals surface area (Å²) >= 11 is 3.66. The highest BCUT2D eigenvalue weighted by atomic mass is 32.1. The van der Waals surface area contributed by atoms with E-state index in [1.165, 1.54) is 68.3 Å². The van der Waals surface area contributed by atoms with Crippen molar-refractivity contribution >= 4 is 106 Å². The van der Waals surface area contributed by atoms with E-state index in [1.807, 2.05) is 11.3 Å². The molecule has 3 nitrogen and oxygen atoms in total. The summed E-state index contributed by atoms with van der Waals surface area (Å²) in [4.78, 5) is 10.9. The molecule has 0 fully saturated rings. The molecule has 4 heterocycles. The molecule has 12 rings (SSSR count). The Balaban J connectivity index is 1.15. The van der Waals surface area contributed by atoms with Gasteiger partial charge in [0, 0.05) is 52.0 Å². The maximum atomic E-state index is 5.52. The van der Waals surface area contributed by atoms with Crippen molar-refractivity contribution in [3.63, 3.8) is 0 Å². The van der Waals surface area contributed by atoms with Crippen LogP contribution in [-0.2, 0) is 0 Å². The van der Waals surface area contributed by atoms with Gasteiger partial charge in [0.15, 0.2) is 11.6 Å². The van der Waals surface area contributed by atoms with Crippen LogP contribution in [0.2, 0.25) is 0 Å². The van der Waals surface area contributed by atoms with Gasteiger partial charge in [-0.05, 0) is 69.8 Å². The van der Waals surface area contributed by atoms with Crippen molar-refractivity contribution in [3.8, 4) is 28.3 Å². The second-order valence-corrected chi connectivity index (χ2v) is 15.9. The molecule has 53 heavy (non-hydrogen) atoms. The van der Waals surface area contributed by atoms with Crippen molar-refractivity contribution in [1.29, 1.82) is 0 Å². The standard InChI is InChI=1S/C48H27N3S2/c1-2-10-28(11-3-1)29-18-19-31-25-33(21-20-30(31)24-29)47-49-44-37-14-6-9-17-43(37)53-46(44)48(50-47)51-40-15-7-4-12-34(40)39-26-32-22-23-36-35-13-5-8-16-42(35)52-45(36)38(32)27-41(39)51/h1-27H.